The summed E-state index contributed by atoms with van der Waals surface area (Å²) in [6.07, 6.45) is 0.676. The Labute approximate surface area is 214 Å². The molecule has 3 fully saturated rings. The number of carboxylic acids is 1. The molecule has 4 rings (SSSR count). The van der Waals surface area contributed by atoms with Crippen LogP contribution in [0, 0.1) is 11.8 Å². The normalized spacial score (nSPS) is 31.4. The molecule has 0 radical (unpaired) electrons. The highest BCUT2D eigenvalue weighted by Gasteiger charge is 2.60. The van der Waals surface area contributed by atoms with E-state index in [0.29, 0.717) is 37.5 Å². The quantitative estimate of drug-likeness (QED) is 0.344. The molecule has 0 spiro atoms. The van der Waals surface area contributed by atoms with Gasteiger partial charge in [0.25, 0.3) is 0 Å². The monoisotopic (exact) mass is 522 g/mol. The lowest BCUT2D eigenvalue weighted by Crippen LogP contribution is -2.63. The highest BCUT2D eigenvalue weighted by Crippen LogP contribution is 2.52. The van der Waals surface area contributed by atoms with Gasteiger partial charge in [-0.1, -0.05) is 19.6 Å². The number of piperazine rings is 1. The molecule has 0 aromatic carbocycles. The van der Waals surface area contributed by atoms with Crippen LogP contribution in [-0.2, 0) is 19.1 Å². The molecule has 0 unspecified atom stereocenters. The number of rotatable bonds is 8. The van der Waals surface area contributed by atoms with Gasteiger partial charge in [-0.15, -0.1) is 11.8 Å². The fourth-order valence-corrected chi connectivity index (χ4v) is 7.26. The second kappa shape index (κ2) is 10.4. The van der Waals surface area contributed by atoms with Gasteiger partial charge in [0.1, 0.15) is 12.3 Å². The molecule has 0 aliphatic carbocycles. The molecule has 198 valence electrons. The van der Waals surface area contributed by atoms with Crippen LogP contribution in [0.25, 0.3) is 0 Å². The number of carbonyl (C=O) groups is 4. The van der Waals surface area contributed by atoms with E-state index < -0.39 is 24.1 Å². The summed E-state index contributed by atoms with van der Waals surface area (Å²) in [6, 6.07) is -0.665. The Morgan fingerprint density at radius 2 is 2.03 bits per heavy atom. The number of hydrogen-bond donors (Lipinski definition) is 2. The smallest absolute Gasteiger partial charge is 0.410 e. The van der Waals surface area contributed by atoms with Gasteiger partial charge in [0.15, 0.2) is 0 Å². The fraction of sp³-hybridized carbons (Fsp3) is 0.667. The maximum absolute atomic E-state index is 12.8. The van der Waals surface area contributed by atoms with Gasteiger partial charge >= 0.3 is 12.1 Å². The summed E-state index contributed by atoms with van der Waals surface area (Å²) in [5.41, 5.74) is -0.0297. The number of ether oxygens (including phenoxy) is 1. The standard InChI is InChI=1S/C24H34N4O7S/c1-5-8-35-24(34)27-11-16(9-15(27)10-26-7-6-25(4)12-17(26)30)36-21-13(2)19-18(14(3)29)22(31)28(19)20(21)23(32)33/h5,13-16,18-19,29H,1,6-12H2,2-4H3,(H,32,33)/t13-,14-,15+,16+,18-,19-/m1/s1. The van der Waals surface area contributed by atoms with Crippen LogP contribution in [0.15, 0.2) is 23.3 Å². The summed E-state index contributed by atoms with van der Waals surface area (Å²) in [4.78, 5) is 57.4. The van der Waals surface area contributed by atoms with E-state index in [1.165, 1.54) is 22.7 Å². The molecule has 4 aliphatic rings. The van der Waals surface area contributed by atoms with Gasteiger partial charge in [0.05, 0.1) is 30.7 Å². The van der Waals surface area contributed by atoms with Crippen LogP contribution in [0.1, 0.15) is 20.3 Å². The average molecular weight is 523 g/mol. The second-order valence-electron chi connectivity index (χ2n) is 10.00. The maximum Gasteiger partial charge on any atom is 0.410 e. The lowest BCUT2D eigenvalue weighted by Gasteiger charge is -2.46. The Bertz CT molecular complexity index is 986. The van der Waals surface area contributed by atoms with Gasteiger partial charge in [0, 0.05) is 42.3 Å². The first-order valence-electron chi connectivity index (χ1n) is 12.2. The predicted octanol–water partition coefficient (Wildman–Crippen LogP) is 0.413. The highest BCUT2D eigenvalue weighted by atomic mass is 32.2. The Morgan fingerprint density at radius 1 is 1.31 bits per heavy atom. The van der Waals surface area contributed by atoms with E-state index in [1.807, 2.05) is 18.9 Å². The maximum atomic E-state index is 12.8. The number of nitrogens with zero attached hydrogens (tertiary/aromatic N) is 4. The van der Waals surface area contributed by atoms with Crippen LogP contribution in [-0.4, -0.2) is 124 Å². The zero-order chi connectivity index (χ0) is 26.3. The number of likely N-dealkylation sites (tertiary alicyclic amines) is 1. The second-order valence-corrected chi connectivity index (χ2v) is 11.3. The summed E-state index contributed by atoms with van der Waals surface area (Å²) < 4.78 is 5.30. The molecule has 4 heterocycles. The largest absolute Gasteiger partial charge is 0.477 e. The van der Waals surface area contributed by atoms with Crippen molar-refractivity contribution in [3.05, 3.63) is 23.3 Å². The van der Waals surface area contributed by atoms with Crippen molar-refractivity contribution in [3.63, 3.8) is 0 Å². The number of aliphatic hydroxyl groups is 1. The molecular weight excluding hydrogens is 488 g/mol. The Balaban J connectivity index is 1.53. The zero-order valence-corrected chi connectivity index (χ0v) is 21.6. The van der Waals surface area contributed by atoms with E-state index in [1.54, 1.807) is 16.7 Å². The molecule has 4 aliphatic heterocycles. The molecule has 2 N–H and O–H groups in total. The lowest BCUT2D eigenvalue weighted by atomic mass is 9.79. The molecule has 12 heteroatoms. The Morgan fingerprint density at radius 3 is 2.64 bits per heavy atom. The predicted molar refractivity (Wildman–Crippen MR) is 132 cm³/mol. The van der Waals surface area contributed by atoms with Crippen molar-refractivity contribution in [2.45, 2.75) is 43.7 Å². The van der Waals surface area contributed by atoms with Gasteiger partial charge in [-0.05, 0) is 20.4 Å². The average Bonchev–Trinajstić information content (AvgIpc) is 3.31. The minimum absolute atomic E-state index is 0.00611. The number of amides is 3. The van der Waals surface area contributed by atoms with E-state index in [2.05, 4.69) is 6.58 Å². The van der Waals surface area contributed by atoms with Crippen molar-refractivity contribution in [1.82, 2.24) is 19.6 Å². The molecule has 11 nitrogen and oxygen atoms in total. The van der Waals surface area contributed by atoms with Gasteiger partial charge in [-0.25, -0.2) is 9.59 Å². The summed E-state index contributed by atoms with van der Waals surface area (Å²) in [7, 11) is 1.89. The minimum Gasteiger partial charge on any atom is -0.477 e. The van der Waals surface area contributed by atoms with Crippen LogP contribution in [0.2, 0.25) is 0 Å². The molecule has 0 bridgehead atoms. The number of likely N-dealkylation sites (N-methyl/N-ethyl adjacent to an activating group) is 1. The van der Waals surface area contributed by atoms with Crippen LogP contribution in [0.3, 0.4) is 0 Å². The van der Waals surface area contributed by atoms with E-state index in [9.17, 15) is 29.4 Å². The number of carbonyl (C=O) groups excluding carboxylic acids is 3. The Hall–Kier alpha value is -2.57. The van der Waals surface area contributed by atoms with E-state index in [0.717, 1.165) is 6.54 Å². The molecule has 36 heavy (non-hydrogen) atoms. The summed E-state index contributed by atoms with van der Waals surface area (Å²) in [5.74, 6) is -2.42. The van der Waals surface area contributed by atoms with E-state index in [-0.39, 0.29) is 47.4 Å². The summed E-state index contributed by atoms with van der Waals surface area (Å²) in [5, 5.41) is 19.9. The first-order chi connectivity index (χ1) is 17.0. The van der Waals surface area contributed by atoms with E-state index in [4.69, 9.17) is 4.74 Å². The first kappa shape index (κ1) is 26.5. The van der Waals surface area contributed by atoms with Crippen molar-refractivity contribution < 1.29 is 34.1 Å². The van der Waals surface area contributed by atoms with Crippen molar-refractivity contribution in [2.75, 3.05) is 46.4 Å². The zero-order valence-electron chi connectivity index (χ0n) is 20.8. The Kier molecular flexibility index (Phi) is 7.67. The first-order valence-corrected chi connectivity index (χ1v) is 13.1. The third-order valence-electron chi connectivity index (χ3n) is 7.48. The summed E-state index contributed by atoms with van der Waals surface area (Å²) in [6.45, 7) is 9.43. The van der Waals surface area contributed by atoms with Gasteiger partial charge < -0.3 is 29.6 Å². The van der Waals surface area contributed by atoms with Crippen LogP contribution >= 0.6 is 11.8 Å². The summed E-state index contributed by atoms with van der Waals surface area (Å²) >= 11 is 1.38. The van der Waals surface area contributed by atoms with Gasteiger partial charge in [0.2, 0.25) is 11.8 Å². The molecule has 0 saturated carbocycles. The molecule has 3 saturated heterocycles. The van der Waals surface area contributed by atoms with Gasteiger partial charge in [-0.3, -0.25) is 14.5 Å². The number of aliphatic hydroxyl groups excluding tert-OH is 1. The minimum atomic E-state index is -1.18. The number of thioether (sulfide) groups is 1. The highest BCUT2D eigenvalue weighted by molar-refractivity contribution is 8.03. The fourth-order valence-electron chi connectivity index (χ4n) is 5.70. The third kappa shape index (κ3) is 4.73. The lowest BCUT2D eigenvalue weighted by molar-refractivity contribution is -0.163. The van der Waals surface area contributed by atoms with Crippen LogP contribution < -0.4 is 0 Å². The van der Waals surface area contributed by atoms with Crippen molar-refractivity contribution in [2.24, 2.45) is 11.8 Å². The topological polar surface area (TPSA) is 131 Å². The SMILES string of the molecule is C=CCOC(=O)N1C[C@@H](SC2=C(C(=O)O)N3C(=O)[C@H]([C@@H](C)O)[C@H]3[C@H]2C)C[C@H]1CN1CCN(C)CC1=O. The molecule has 3 amide bonds. The number of fused-ring (bicyclic) bond motifs is 1. The molecular formula is C24H34N4O7S. The van der Waals surface area contributed by atoms with Crippen molar-refractivity contribution in [1.29, 1.82) is 0 Å². The van der Waals surface area contributed by atoms with E-state index >= 15 is 0 Å². The molecule has 0 aromatic rings. The third-order valence-corrected chi connectivity index (χ3v) is 8.97. The van der Waals surface area contributed by atoms with Crippen molar-refractivity contribution in [3.8, 4) is 0 Å². The molecule has 6 atom stereocenters. The number of carboxylic acid groups (broad SMARTS) is 1. The van der Waals surface area contributed by atoms with Crippen LogP contribution in [0.5, 0.6) is 0 Å². The van der Waals surface area contributed by atoms with Crippen LogP contribution in [0.4, 0.5) is 4.79 Å². The van der Waals surface area contributed by atoms with Crippen molar-refractivity contribution >= 4 is 35.6 Å². The number of aliphatic carboxylic acids is 1. The number of β-lactam (4-membered cyclic amide) rings is 1. The number of hydrogen-bond acceptors (Lipinski definition) is 8. The van der Waals surface area contributed by atoms with Gasteiger partial charge in [-0.2, -0.15) is 0 Å². The molecule has 0 aromatic heterocycles.